The first-order valence-corrected chi connectivity index (χ1v) is 6.82. The van der Waals surface area contributed by atoms with E-state index in [-0.39, 0.29) is 12.5 Å². The number of benzene rings is 1. The summed E-state index contributed by atoms with van der Waals surface area (Å²) in [5.74, 6) is 0.0523. The Morgan fingerprint density at radius 1 is 1.16 bits per heavy atom. The van der Waals surface area contributed by atoms with Gasteiger partial charge in [0.2, 0.25) is 5.91 Å². The fourth-order valence-electron chi connectivity index (χ4n) is 1.65. The Balaban J connectivity index is 1.92. The minimum Gasteiger partial charge on any atom is -0.396 e. The number of unbranched alkanes of at least 4 members (excludes halogenated alkanes) is 1. The van der Waals surface area contributed by atoms with Crippen molar-refractivity contribution in [2.24, 2.45) is 0 Å². The lowest BCUT2D eigenvalue weighted by Gasteiger charge is -2.06. The van der Waals surface area contributed by atoms with Crippen LogP contribution < -0.4 is 5.32 Å². The number of rotatable bonds is 10. The Bertz CT molecular complexity index is 341. The smallest absolute Gasteiger partial charge is 0.219 e. The third-order valence-electron chi connectivity index (χ3n) is 2.71. The van der Waals surface area contributed by atoms with Crippen molar-refractivity contribution < 1.29 is 14.6 Å². The average molecular weight is 265 g/mol. The van der Waals surface area contributed by atoms with Crippen LogP contribution >= 0.6 is 0 Å². The number of hydrogen-bond donors (Lipinski definition) is 2. The molecule has 0 saturated heterocycles. The summed E-state index contributed by atoms with van der Waals surface area (Å²) in [5.41, 5.74) is 1.16. The summed E-state index contributed by atoms with van der Waals surface area (Å²) in [7, 11) is 0. The number of ether oxygens (including phenoxy) is 1. The summed E-state index contributed by atoms with van der Waals surface area (Å²) >= 11 is 0. The van der Waals surface area contributed by atoms with E-state index in [1.807, 2.05) is 30.3 Å². The second-order valence-corrected chi connectivity index (χ2v) is 4.42. The quantitative estimate of drug-likeness (QED) is 0.635. The Morgan fingerprint density at radius 2 is 1.95 bits per heavy atom. The maximum Gasteiger partial charge on any atom is 0.219 e. The lowest BCUT2D eigenvalue weighted by atomic mass is 10.2. The normalized spacial score (nSPS) is 10.4. The van der Waals surface area contributed by atoms with Gasteiger partial charge in [-0.25, -0.2) is 0 Å². The predicted octanol–water partition coefficient (Wildman–Crippen LogP) is 1.87. The van der Waals surface area contributed by atoms with Crippen LogP contribution in [0.1, 0.15) is 31.2 Å². The number of amides is 1. The highest BCUT2D eigenvalue weighted by atomic mass is 16.5. The van der Waals surface area contributed by atoms with Crippen molar-refractivity contribution in [3.8, 4) is 0 Å². The van der Waals surface area contributed by atoms with Crippen LogP contribution in [0.4, 0.5) is 0 Å². The van der Waals surface area contributed by atoms with Crippen LogP contribution in [0.2, 0.25) is 0 Å². The second kappa shape index (κ2) is 10.5. The van der Waals surface area contributed by atoms with Gasteiger partial charge in [0.05, 0.1) is 6.61 Å². The Morgan fingerprint density at radius 3 is 2.68 bits per heavy atom. The maximum atomic E-state index is 11.3. The van der Waals surface area contributed by atoms with Gasteiger partial charge in [-0.2, -0.15) is 0 Å². The zero-order chi connectivity index (χ0) is 13.8. The van der Waals surface area contributed by atoms with Crippen molar-refractivity contribution in [2.75, 3.05) is 19.8 Å². The van der Waals surface area contributed by atoms with Crippen molar-refractivity contribution in [2.45, 2.75) is 32.3 Å². The van der Waals surface area contributed by atoms with E-state index in [1.54, 1.807) is 0 Å². The topological polar surface area (TPSA) is 58.6 Å². The average Bonchev–Trinajstić information content (AvgIpc) is 2.44. The molecule has 0 aliphatic heterocycles. The van der Waals surface area contributed by atoms with E-state index in [1.165, 1.54) is 0 Å². The number of nitrogens with one attached hydrogen (secondary N) is 1. The summed E-state index contributed by atoms with van der Waals surface area (Å²) < 4.78 is 5.52. The van der Waals surface area contributed by atoms with Gasteiger partial charge in [-0.15, -0.1) is 0 Å². The molecule has 4 nitrogen and oxygen atoms in total. The maximum absolute atomic E-state index is 11.3. The summed E-state index contributed by atoms with van der Waals surface area (Å²) in [6.07, 6.45) is 2.74. The molecule has 0 spiro atoms. The van der Waals surface area contributed by atoms with Gasteiger partial charge in [-0.1, -0.05) is 30.3 Å². The van der Waals surface area contributed by atoms with Gasteiger partial charge < -0.3 is 15.2 Å². The van der Waals surface area contributed by atoms with Crippen LogP contribution in [0, 0.1) is 0 Å². The molecule has 0 fully saturated rings. The fraction of sp³-hybridized carbons (Fsp3) is 0.533. The zero-order valence-corrected chi connectivity index (χ0v) is 11.3. The van der Waals surface area contributed by atoms with Crippen molar-refractivity contribution >= 4 is 5.91 Å². The van der Waals surface area contributed by atoms with E-state index >= 15 is 0 Å². The largest absolute Gasteiger partial charge is 0.396 e. The molecule has 0 atom stereocenters. The Hall–Kier alpha value is -1.39. The van der Waals surface area contributed by atoms with E-state index in [0.717, 1.165) is 18.4 Å². The number of carbonyl (C=O) groups excluding carboxylic acids is 1. The van der Waals surface area contributed by atoms with Crippen molar-refractivity contribution in [1.82, 2.24) is 5.32 Å². The highest BCUT2D eigenvalue weighted by Crippen LogP contribution is 2.00. The zero-order valence-electron chi connectivity index (χ0n) is 11.3. The van der Waals surface area contributed by atoms with E-state index in [9.17, 15) is 4.79 Å². The SMILES string of the molecule is O=C(CCCCO)NCCCOCc1ccccc1. The third-order valence-corrected chi connectivity index (χ3v) is 2.71. The molecule has 0 aliphatic rings. The molecule has 2 N–H and O–H groups in total. The summed E-state index contributed by atoms with van der Waals surface area (Å²) in [6.45, 7) is 2.06. The lowest BCUT2D eigenvalue weighted by molar-refractivity contribution is -0.121. The van der Waals surface area contributed by atoms with E-state index in [0.29, 0.717) is 32.6 Å². The molecule has 1 amide bonds. The van der Waals surface area contributed by atoms with Crippen LogP contribution in [0.3, 0.4) is 0 Å². The van der Waals surface area contributed by atoms with Crippen molar-refractivity contribution in [1.29, 1.82) is 0 Å². The van der Waals surface area contributed by atoms with Gasteiger partial charge in [-0.3, -0.25) is 4.79 Å². The number of aliphatic hydroxyl groups is 1. The standard InChI is InChI=1S/C15H23NO3/c17-11-5-4-9-15(18)16-10-6-12-19-13-14-7-2-1-3-8-14/h1-3,7-8,17H,4-6,9-13H2,(H,16,18). The number of carbonyl (C=O) groups is 1. The molecule has 0 bridgehead atoms. The van der Waals surface area contributed by atoms with Crippen LogP contribution in [0.25, 0.3) is 0 Å². The molecule has 0 unspecified atom stereocenters. The van der Waals surface area contributed by atoms with E-state index in [4.69, 9.17) is 9.84 Å². The molecule has 0 saturated carbocycles. The number of hydrogen-bond acceptors (Lipinski definition) is 3. The molecule has 0 aliphatic carbocycles. The molecule has 4 heteroatoms. The minimum atomic E-state index is 0.0523. The first kappa shape index (κ1) is 15.7. The van der Waals surface area contributed by atoms with Gasteiger partial charge in [0.15, 0.2) is 0 Å². The molecule has 1 aromatic rings. The number of aliphatic hydroxyl groups excluding tert-OH is 1. The molecule has 0 radical (unpaired) electrons. The van der Waals surface area contributed by atoms with Crippen LogP contribution in [-0.2, 0) is 16.1 Å². The Labute approximate surface area is 114 Å². The molecule has 106 valence electrons. The van der Waals surface area contributed by atoms with Gasteiger partial charge in [0.1, 0.15) is 0 Å². The highest BCUT2D eigenvalue weighted by molar-refractivity contribution is 5.75. The predicted molar refractivity (Wildman–Crippen MR) is 74.7 cm³/mol. The molecule has 19 heavy (non-hydrogen) atoms. The van der Waals surface area contributed by atoms with Crippen LogP contribution in [-0.4, -0.2) is 30.8 Å². The van der Waals surface area contributed by atoms with Gasteiger partial charge in [0.25, 0.3) is 0 Å². The Kier molecular flexibility index (Phi) is 8.68. The van der Waals surface area contributed by atoms with E-state index < -0.39 is 0 Å². The van der Waals surface area contributed by atoms with Crippen LogP contribution in [0.5, 0.6) is 0 Å². The molecule has 0 heterocycles. The van der Waals surface area contributed by atoms with Gasteiger partial charge in [0, 0.05) is 26.2 Å². The van der Waals surface area contributed by atoms with Gasteiger partial charge in [-0.05, 0) is 24.8 Å². The molecule has 1 rings (SSSR count). The fourth-order valence-corrected chi connectivity index (χ4v) is 1.65. The molecular weight excluding hydrogens is 242 g/mol. The second-order valence-electron chi connectivity index (χ2n) is 4.42. The van der Waals surface area contributed by atoms with Gasteiger partial charge >= 0.3 is 0 Å². The van der Waals surface area contributed by atoms with Crippen LogP contribution in [0.15, 0.2) is 30.3 Å². The summed E-state index contributed by atoms with van der Waals surface area (Å²) in [4.78, 5) is 11.3. The van der Waals surface area contributed by atoms with Crippen molar-refractivity contribution in [3.63, 3.8) is 0 Å². The molecule has 0 aromatic heterocycles. The monoisotopic (exact) mass is 265 g/mol. The highest BCUT2D eigenvalue weighted by Gasteiger charge is 1.99. The molecular formula is C15H23NO3. The summed E-state index contributed by atoms with van der Waals surface area (Å²) in [5, 5.41) is 11.4. The first-order chi connectivity index (χ1) is 9.33. The van der Waals surface area contributed by atoms with E-state index in [2.05, 4.69) is 5.32 Å². The van der Waals surface area contributed by atoms with Crippen molar-refractivity contribution in [3.05, 3.63) is 35.9 Å². The third kappa shape index (κ3) is 8.35. The summed E-state index contributed by atoms with van der Waals surface area (Å²) in [6, 6.07) is 10.0. The minimum absolute atomic E-state index is 0.0523. The molecule has 1 aromatic carbocycles. The first-order valence-electron chi connectivity index (χ1n) is 6.82. The lowest BCUT2D eigenvalue weighted by Crippen LogP contribution is -2.24.